The van der Waals surface area contributed by atoms with Crippen molar-refractivity contribution < 1.29 is 19.1 Å². The van der Waals surface area contributed by atoms with E-state index in [0.29, 0.717) is 43.6 Å². The minimum Gasteiger partial charge on any atom is -0.493 e. The van der Waals surface area contributed by atoms with Crippen molar-refractivity contribution in [1.82, 2.24) is 20.1 Å². The van der Waals surface area contributed by atoms with Gasteiger partial charge in [-0.2, -0.15) is 0 Å². The number of pyridine rings is 1. The Morgan fingerprint density at radius 3 is 2.62 bits per heavy atom. The van der Waals surface area contributed by atoms with Gasteiger partial charge in [0, 0.05) is 50.2 Å². The fourth-order valence-corrected chi connectivity index (χ4v) is 5.44. The molecule has 2 aliphatic rings. The number of amides is 2. The highest BCUT2D eigenvalue weighted by Gasteiger charge is 2.29. The zero-order valence-electron chi connectivity index (χ0n) is 23.9. The number of carbonyl (C=O) groups excluding carboxylic acids is 2. The van der Waals surface area contributed by atoms with Crippen LogP contribution in [0.2, 0.25) is 0 Å². The van der Waals surface area contributed by atoms with Crippen molar-refractivity contribution in [1.29, 1.82) is 0 Å². The molecule has 1 unspecified atom stereocenters. The van der Waals surface area contributed by atoms with Crippen molar-refractivity contribution >= 4 is 12.0 Å². The van der Waals surface area contributed by atoms with Crippen LogP contribution in [0, 0.1) is 11.8 Å². The van der Waals surface area contributed by atoms with Gasteiger partial charge in [-0.05, 0) is 89.9 Å². The maximum atomic E-state index is 13.5. The highest BCUT2D eigenvalue weighted by molar-refractivity contribution is 5.95. The standard InChI is InChI=1S/C31H44N4O4/c1-31(2,3)39-30(37)35-14-11-23(12-15-35)17-24-19-32-13-7-8-16-38-28-10-6-5-9-27(28)25-18-26(21-33-20-25)29(36)34(4)22-24/h5-6,9-10,18,20-21,23-24,32H,7-8,11-17,19,22H2,1-4H3. The summed E-state index contributed by atoms with van der Waals surface area (Å²) in [5, 5.41) is 3.63. The van der Waals surface area contributed by atoms with Crippen molar-refractivity contribution in [2.24, 2.45) is 11.8 Å². The second-order valence-electron chi connectivity index (χ2n) is 11.9. The molecule has 1 N–H and O–H groups in total. The summed E-state index contributed by atoms with van der Waals surface area (Å²) < 4.78 is 11.7. The number of likely N-dealkylation sites (tertiary alicyclic amines) is 1. The number of nitrogens with zero attached hydrogens (tertiary/aromatic N) is 3. The van der Waals surface area contributed by atoms with Gasteiger partial charge in [-0.15, -0.1) is 0 Å². The van der Waals surface area contributed by atoms with Gasteiger partial charge in [0.05, 0.1) is 12.2 Å². The minimum atomic E-state index is -0.481. The van der Waals surface area contributed by atoms with Gasteiger partial charge in [0.25, 0.3) is 5.91 Å². The first-order valence-corrected chi connectivity index (χ1v) is 14.3. The van der Waals surface area contributed by atoms with Gasteiger partial charge in [0.2, 0.25) is 0 Å². The maximum absolute atomic E-state index is 13.5. The molecule has 1 fully saturated rings. The number of piperidine rings is 1. The van der Waals surface area contributed by atoms with Crippen LogP contribution in [0.15, 0.2) is 42.7 Å². The smallest absolute Gasteiger partial charge is 0.410 e. The first kappa shape index (κ1) is 28.9. The third-order valence-electron chi connectivity index (χ3n) is 7.43. The molecule has 8 heteroatoms. The van der Waals surface area contributed by atoms with Gasteiger partial charge in [0.1, 0.15) is 11.4 Å². The second kappa shape index (κ2) is 13.3. The Kier molecular flexibility index (Phi) is 9.83. The van der Waals surface area contributed by atoms with E-state index in [-0.39, 0.29) is 12.0 Å². The van der Waals surface area contributed by atoms with Crippen molar-refractivity contribution in [2.75, 3.05) is 46.4 Å². The van der Waals surface area contributed by atoms with Crippen LogP contribution in [-0.4, -0.2) is 78.8 Å². The van der Waals surface area contributed by atoms with Crippen molar-refractivity contribution in [3.8, 4) is 16.9 Å². The van der Waals surface area contributed by atoms with Gasteiger partial charge < -0.3 is 24.6 Å². The monoisotopic (exact) mass is 536 g/mol. The molecule has 212 valence electrons. The van der Waals surface area contributed by atoms with Gasteiger partial charge in [-0.1, -0.05) is 18.2 Å². The molecule has 2 bridgehead atoms. The van der Waals surface area contributed by atoms with Crippen LogP contribution in [0.5, 0.6) is 5.75 Å². The quantitative estimate of drug-likeness (QED) is 0.566. The Bertz CT molecular complexity index is 1110. The van der Waals surface area contributed by atoms with Gasteiger partial charge in [0.15, 0.2) is 0 Å². The van der Waals surface area contributed by atoms with E-state index in [2.05, 4.69) is 10.3 Å². The number of fused-ring (bicyclic) bond motifs is 4. The Morgan fingerprint density at radius 2 is 1.85 bits per heavy atom. The summed E-state index contributed by atoms with van der Waals surface area (Å²) in [7, 11) is 1.88. The number of aromatic nitrogens is 1. The molecule has 1 saturated heterocycles. The second-order valence-corrected chi connectivity index (χ2v) is 11.9. The van der Waals surface area contributed by atoms with Crippen molar-refractivity contribution in [3.05, 3.63) is 48.3 Å². The summed E-state index contributed by atoms with van der Waals surface area (Å²) in [6.07, 6.45) is 8.13. The van der Waals surface area contributed by atoms with E-state index in [1.54, 1.807) is 12.4 Å². The lowest BCUT2D eigenvalue weighted by Gasteiger charge is -2.35. The summed E-state index contributed by atoms with van der Waals surface area (Å²) in [4.78, 5) is 34.0. The van der Waals surface area contributed by atoms with Gasteiger partial charge >= 0.3 is 6.09 Å². The number of carbonyl (C=O) groups is 2. The zero-order valence-corrected chi connectivity index (χ0v) is 23.9. The topological polar surface area (TPSA) is 84.0 Å². The van der Waals surface area contributed by atoms with Gasteiger partial charge in [-0.25, -0.2) is 4.79 Å². The van der Waals surface area contributed by atoms with Crippen molar-refractivity contribution in [2.45, 2.75) is 58.5 Å². The lowest BCUT2D eigenvalue weighted by Crippen LogP contribution is -2.43. The van der Waals surface area contributed by atoms with E-state index in [9.17, 15) is 9.59 Å². The lowest BCUT2D eigenvalue weighted by atomic mass is 9.86. The van der Waals surface area contributed by atoms with Gasteiger partial charge in [-0.3, -0.25) is 9.78 Å². The SMILES string of the molecule is CN1CC(CC2CCN(C(=O)OC(C)(C)C)CC2)CNCCCCOc2ccccc2-c2cncc(c2)C1=O. The molecule has 3 heterocycles. The number of ether oxygens (including phenoxy) is 2. The lowest BCUT2D eigenvalue weighted by molar-refractivity contribution is 0.0172. The van der Waals surface area contributed by atoms with Crippen LogP contribution in [0.3, 0.4) is 0 Å². The Balaban J connectivity index is 1.43. The molecule has 1 aromatic carbocycles. The molecule has 2 amide bonds. The third kappa shape index (κ3) is 8.43. The highest BCUT2D eigenvalue weighted by atomic mass is 16.6. The average Bonchev–Trinajstić information content (AvgIpc) is 2.91. The number of rotatable bonds is 2. The number of nitrogens with one attached hydrogen (secondary N) is 1. The minimum absolute atomic E-state index is 0.0282. The largest absolute Gasteiger partial charge is 0.493 e. The van der Waals surface area contributed by atoms with Crippen LogP contribution in [0.1, 0.15) is 63.2 Å². The van der Waals surface area contributed by atoms with E-state index in [1.165, 1.54) is 0 Å². The molecule has 2 aliphatic heterocycles. The molecule has 0 aliphatic carbocycles. The molecule has 0 radical (unpaired) electrons. The third-order valence-corrected chi connectivity index (χ3v) is 7.43. The van der Waals surface area contributed by atoms with E-state index in [4.69, 9.17) is 9.47 Å². The molecule has 2 aromatic rings. The molecule has 8 nitrogen and oxygen atoms in total. The fraction of sp³-hybridized carbons (Fsp3) is 0.581. The van der Waals surface area contributed by atoms with E-state index < -0.39 is 5.60 Å². The molecular weight excluding hydrogens is 492 g/mol. The van der Waals surface area contributed by atoms with E-state index in [0.717, 1.165) is 62.1 Å². The van der Waals surface area contributed by atoms with Crippen LogP contribution in [0.4, 0.5) is 4.79 Å². The summed E-state index contributed by atoms with van der Waals surface area (Å²) in [5.74, 6) is 1.62. The summed E-state index contributed by atoms with van der Waals surface area (Å²) in [6.45, 7) is 10.2. The van der Waals surface area contributed by atoms with Crippen LogP contribution in [0.25, 0.3) is 11.1 Å². The molecule has 39 heavy (non-hydrogen) atoms. The molecule has 0 saturated carbocycles. The van der Waals surface area contributed by atoms with Crippen LogP contribution in [-0.2, 0) is 4.74 Å². The molecule has 4 rings (SSSR count). The van der Waals surface area contributed by atoms with Crippen molar-refractivity contribution in [3.63, 3.8) is 0 Å². The number of para-hydroxylation sites is 1. The molecule has 1 atom stereocenters. The summed E-state index contributed by atoms with van der Waals surface area (Å²) in [5.41, 5.74) is 1.93. The van der Waals surface area contributed by atoms with Crippen LogP contribution >= 0.6 is 0 Å². The first-order chi connectivity index (χ1) is 18.7. The zero-order chi connectivity index (χ0) is 27.8. The Labute approximate surface area is 233 Å². The first-order valence-electron chi connectivity index (χ1n) is 14.3. The van der Waals surface area contributed by atoms with E-state index >= 15 is 0 Å². The predicted molar refractivity (Wildman–Crippen MR) is 153 cm³/mol. The maximum Gasteiger partial charge on any atom is 0.410 e. The predicted octanol–water partition coefficient (Wildman–Crippen LogP) is 5.24. The van der Waals surface area contributed by atoms with Crippen LogP contribution < -0.4 is 10.1 Å². The molecule has 1 aromatic heterocycles. The number of benzene rings is 1. The van der Waals surface area contributed by atoms with E-state index in [1.807, 2.05) is 68.0 Å². The normalized spacial score (nSPS) is 20.2. The Hall–Kier alpha value is -3.13. The average molecular weight is 537 g/mol. The molecular formula is C31H44N4O4. The molecule has 0 spiro atoms. The number of hydrogen-bond acceptors (Lipinski definition) is 6. The highest BCUT2D eigenvalue weighted by Crippen LogP contribution is 2.31. The summed E-state index contributed by atoms with van der Waals surface area (Å²) in [6, 6.07) is 9.85. The Morgan fingerprint density at radius 1 is 1.10 bits per heavy atom. The number of hydrogen-bond donors (Lipinski definition) is 1. The fourth-order valence-electron chi connectivity index (χ4n) is 5.44. The summed E-state index contributed by atoms with van der Waals surface area (Å²) >= 11 is 0.